The van der Waals surface area contributed by atoms with Crippen molar-refractivity contribution in [2.75, 3.05) is 7.05 Å². The Bertz CT molecular complexity index is 502. The zero-order valence-electron chi connectivity index (χ0n) is 13.6. The molecule has 0 aromatic carbocycles. The van der Waals surface area contributed by atoms with Crippen LogP contribution >= 0.6 is 0 Å². The van der Waals surface area contributed by atoms with E-state index in [1.54, 1.807) is 7.05 Å². The van der Waals surface area contributed by atoms with Crippen LogP contribution in [0, 0.1) is 5.92 Å². The van der Waals surface area contributed by atoms with Crippen LogP contribution < -0.4 is 10.6 Å². The van der Waals surface area contributed by atoms with E-state index in [0.717, 1.165) is 0 Å². The van der Waals surface area contributed by atoms with E-state index in [4.69, 9.17) is 0 Å². The molecule has 0 saturated carbocycles. The fraction of sp³-hybridized carbons (Fsp3) is 0.714. The normalized spacial score (nSPS) is 13.1. The molecular formula is C14H25N5O2. The molecule has 0 aliphatic heterocycles. The zero-order chi connectivity index (χ0) is 16.2. The highest BCUT2D eigenvalue weighted by Gasteiger charge is 2.25. The molecule has 0 spiro atoms. The first-order valence-corrected chi connectivity index (χ1v) is 7.10. The largest absolute Gasteiger partial charge is 0.357 e. The molecule has 0 aliphatic rings. The third-order valence-corrected chi connectivity index (χ3v) is 2.97. The second kappa shape index (κ2) is 6.69. The number of rotatable bonds is 5. The minimum absolute atomic E-state index is 0.0533. The highest BCUT2D eigenvalue weighted by atomic mass is 16.2. The summed E-state index contributed by atoms with van der Waals surface area (Å²) in [5.41, 5.74) is -0.219. The van der Waals surface area contributed by atoms with Gasteiger partial charge in [0, 0.05) is 12.5 Å². The molecule has 1 aromatic rings. The van der Waals surface area contributed by atoms with E-state index in [1.165, 1.54) is 0 Å². The highest BCUT2D eigenvalue weighted by Crippen LogP contribution is 2.17. The van der Waals surface area contributed by atoms with E-state index in [2.05, 4.69) is 25.8 Å². The lowest BCUT2D eigenvalue weighted by atomic mass is 9.96. The molecule has 0 saturated heterocycles. The average Bonchev–Trinajstić information content (AvgIpc) is 2.85. The summed E-state index contributed by atoms with van der Waals surface area (Å²) in [6.07, 6.45) is 0.558. The van der Waals surface area contributed by atoms with Gasteiger partial charge in [0.25, 0.3) is 5.91 Å². The fourth-order valence-electron chi connectivity index (χ4n) is 1.80. The average molecular weight is 295 g/mol. The number of hydrogen-bond acceptors (Lipinski definition) is 4. The summed E-state index contributed by atoms with van der Waals surface area (Å²) in [6.45, 7) is 9.91. The Morgan fingerprint density at radius 1 is 1.29 bits per heavy atom. The third-order valence-electron chi connectivity index (χ3n) is 2.97. The predicted octanol–water partition coefficient (Wildman–Crippen LogP) is 0.993. The smallest absolute Gasteiger partial charge is 0.291 e. The van der Waals surface area contributed by atoms with Crippen molar-refractivity contribution in [3.8, 4) is 0 Å². The maximum Gasteiger partial charge on any atom is 0.291 e. The molecule has 1 rings (SSSR count). The van der Waals surface area contributed by atoms with Gasteiger partial charge in [-0.25, -0.2) is 4.98 Å². The lowest BCUT2D eigenvalue weighted by Gasteiger charge is -2.18. The third kappa shape index (κ3) is 4.84. The molecule has 3 N–H and O–H groups in total. The van der Waals surface area contributed by atoms with E-state index in [-0.39, 0.29) is 23.1 Å². The standard InChI is InChI=1S/C14H25N5O2/c1-8(2)7-9(11(20)15-6)16-12(21)10-17-13(19-18-10)14(3,4)5/h8-9H,7H2,1-6H3,(H,15,20)(H,16,21)(H,17,18,19). The molecule has 1 heterocycles. The quantitative estimate of drug-likeness (QED) is 0.754. The van der Waals surface area contributed by atoms with Crippen LogP contribution in [0.25, 0.3) is 0 Å². The number of amides is 2. The summed E-state index contributed by atoms with van der Waals surface area (Å²) in [7, 11) is 1.55. The number of aromatic nitrogens is 3. The van der Waals surface area contributed by atoms with Crippen molar-refractivity contribution in [1.82, 2.24) is 25.8 Å². The van der Waals surface area contributed by atoms with Gasteiger partial charge in [0.2, 0.25) is 11.7 Å². The van der Waals surface area contributed by atoms with Crippen LogP contribution in [0.1, 0.15) is 57.5 Å². The SMILES string of the molecule is CNC(=O)C(CC(C)C)NC(=O)c1n[nH]c(C(C)(C)C)n1. The number of nitrogens with zero attached hydrogens (tertiary/aromatic N) is 2. The van der Waals surface area contributed by atoms with Crippen molar-refractivity contribution in [2.24, 2.45) is 5.92 Å². The van der Waals surface area contributed by atoms with Crippen molar-refractivity contribution in [2.45, 2.75) is 52.5 Å². The summed E-state index contributed by atoms with van der Waals surface area (Å²) in [5, 5.41) is 11.9. The number of carbonyl (C=O) groups excluding carboxylic acids is 2. The summed E-state index contributed by atoms with van der Waals surface area (Å²) in [5.74, 6) is 0.301. The number of hydrogen-bond donors (Lipinski definition) is 3. The Labute approximate surface area is 125 Å². The van der Waals surface area contributed by atoms with Crippen LogP contribution in [0.2, 0.25) is 0 Å². The van der Waals surface area contributed by atoms with Crippen LogP contribution in [0.5, 0.6) is 0 Å². The molecule has 0 radical (unpaired) electrons. The van der Waals surface area contributed by atoms with Crippen molar-refractivity contribution in [1.29, 1.82) is 0 Å². The Morgan fingerprint density at radius 3 is 2.33 bits per heavy atom. The van der Waals surface area contributed by atoms with Crippen molar-refractivity contribution in [3.05, 3.63) is 11.6 Å². The van der Waals surface area contributed by atoms with E-state index >= 15 is 0 Å². The number of H-pyrrole nitrogens is 1. The van der Waals surface area contributed by atoms with E-state index in [1.807, 2.05) is 34.6 Å². The van der Waals surface area contributed by atoms with Gasteiger partial charge in [0.05, 0.1) is 0 Å². The maximum atomic E-state index is 12.2. The monoisotopic (exact) mass is 295 g/mol. The van der Waals surface area contributed by atoms with Gasteiger partial charge in [0.15, 0.2) is 0 Å². The molecule has 2 amide bonds. The zero-order valence-corrected chi connectivity index (χ0v) is 13.6. The molecule has 0 bridgehead atoms. The van der Waals surface area contributed by atoms with Crippen LogP contribution in [-0.2, 0) is 10.2 Å². The molecule has 1 unspecified atom stereocenters. The molecule has 21 heavy (non-hydrogen) atoms. The first-order valence-electron chi connectivity index (χ1n) is 7.10. The van der Waals surface area contributed by atoms with Crippen LogP contribution in [0.3, 0.4) is 0 Å². The van der Waals surface area contributed by atoms with Gasteiger partial charge in [-0.05, 0) is 12.3 Å². The topological polar surface area (TPSA) is 99.8 Å². The lowest BCUT2D eigenvalue weighted by Crippen LogP contribution is -2.46. The fourth-order valence-corrected chi connectivity index (χ4v) is 1.80. The van der Waals surface area contributed by atoms with Gasteiger partial charge >= 0.3 is 0 Å². The van der Waals surface area contributed by atoms with Crippen molar-refractivity contribution < 1.29 is 9.59 Å². The van der Waals surface area contributed by atoms with Gasteiger partial charge < -0.3 is 10.6 Å². The molecule has 0 fully saturated rings. The summed E-state index contributed by atoms with van der Waals surface area (Å²) in [4.78, 5) is 28.2. The molecule has 1 atom stereocenters. The summed E-state index contributed by atoms with van der Waals surface area (Å²) in [6, 6.07) is -0.584. The van der Waals surface area contributed by atoms with Gasteiger partial charge in [-0.15, -0.1) is 5.10 Å². The Kier molecular flexibility index (Phi) is 5.46. The molecule has 0 aliphatic carbocycles. The summed E-state index contributed by atoms with van der Waals surface area (Å²) >= 11 is 0. The number of carbonyl (C=O) groups is 2. The Balaban J connectivity index is 2.82. The predicted molar refractivity (Wildman–Crippen MR) is 79.9 cm³/mol. The molecule has 1 aromatic heterocycles. The van der Waals surface area contributed by atoms with Crippen LogP contribution in [0.4, 0.5) is 0 Å². The van der Waals surface area contributed by atoms with Gasteiger partial charge in [-0.2, -0.15) is 0 Å². The van der Waals surface area contributed by atoms with Crippen LogP contribution in [0.15, 0.2) is 0 Å². The van der Waals surface area contributed by atoms with E-state index in [9.17, 15) is 9.59 Å². The first kappa shape index (κ1) is 17.1. The number of nitrogens with one attached hydrogen (secondary N) is 3. The van der Waals surface area contributed by atoms with E-state index in [0.29, 0.717) is 12.2 Å². The van der Waals surface area contributed by atoms with Crippen molar-refractivity contribution >= 4 is 11.8 Å². The van der Waals surface area contributed by atoms with Crippen LogP contribution in [-0.4, -0.2) is 40.1 Å². The first-order chi connectivity index (χ1) is 9.65. The Morgan fingerprint density at radius 2 is 1.90 bits per heavy atom. The molecular weight excluding hydrogens is 270 g/mol. The van der Waals surface area contributed by atoms with Gasteiger partial charge in [0.1, 0.15) is 11.9 Å². The minimum atomic E-state index is -0.584. The number of likely N-dealkylation sites (N-methyl/N-ethyl adjacent to an activating group) is 1. The highest BCUT2D eigenvalue weighted by molar-refractivity contribution is 5.94. The van der Waals surface area contributed by atoms with E-state index < -0.39 is 11.9 Å². The second-order valence-corrected chi connectivity index (χ2v) is 6.53. The second-order valence-electron chi connectivity index (χ2n) is 6.53. The molecule has 7 heteroatoms. The summed E-state index contributed by atoms with van der Waals surface area (Å²) < 4.78 is 0. The lowest BCUT2D eigenvalue weighted by molar-refractivity contribution is -0.122. The van der Waals surface area contributed by atoms with Gasteiger partial charge in [-0.1, -0.05) is 34.6 Å². The minimum Gasteiger partial charge on any atom is -0.357 e. The number of aromatic amines is 1. The molecule has 7 nitrogen and oxygen atoms in total. The Hall–Kier alpha value is -1.92. The maximum absolute atomic E-state index is 12.2. The van der Waals surface area contributed by atoms with Crippen molar-refractivity contribution in [3.63, 3.8) is 0 Å². The van der Waals surface area contributed by atoms with Gasteiger partial charge in [-0.3, -0.25) is 14.7 Å². The molecule has 118 valence electrons.